The average Bonchev–Trinajstić information content (AvgIpc) is 2.26. The predicted octanol–water partition coefficient (Wildman–Crippen LogP) is 1.34. The highest BCUT2D eigenvalue weighted by Crippen LogP contribution is 2.17. The molecule has 0 bridgehead atoms. The first-order chi connectivity index (χ1) is 6.54. The molecule has 0 aromatic heterocycles. The number of carbonyl (C=O) groups is 1. The molecule has 0 N–H and O–H groups in total. The van der Waals surface area contributed by atoms with Gasteiger partial charge in [-0.1, -0.05) is 0 Å². The van der Waals surface area contributed by atoms with Crippen molar-refractivity contribution >= 4 is 5.91 Å². The lowest BCUT2D eigenvalue weighted by molar-refractivity contribution is -0.137. The number of likely N-dealkylation sites (tertiary alicyclic amines) is 1. The van der Waals surface area contributed by atoms with Crippen LogP contribution in [0.4, 0.5) is 0 Å². The van der Waals surface area contributed by atoms with Crippen LogP contribution in [0.25, 0.3) is 0 Å². The van der Waals surface area contributed by atoms with Crippen LogP contribution in [0.3, 0.4) is 0 Å². The molecular formula is C11H22N2O. The first-order valence-electron chi connectivity index (χ1n) is 5.51. The fourth-order valence-electron chi connectivity index (χ4n) is 2.04. The highest BCUT2D eigenvalue weighted by atomic mass is 16.2. The van der Waals surface area contributed by atoms with Gasteiger partial charge in [0.05, 0.1) is 6.04 Å². The zero-order valence-corrected chi connectivity index (χ0v) is 9.79. The Kier molecular flexibility index (Phi) is 3.93. The number of nitrogens with zero attached hydrogens (tertiary/aromatic N) is 2. The van der Waals surface area contributed by atoms with Crippen molar-refractivity contribution in [3.05, 3.63) is 0 Å². The van der Waals surface area contributed by atoms with Gasteiger partial charge in [0.2, 0.25) is 5.91 Å². The van der Waals surface area contributed by atoms with E-state index in [1.54, 1.807) is 0 Å². The lowest BCUT2D eigenvalue weighted by Crippen LogP contribution is -2.47. The zero-order chi connectivity index (χ0) is 10.7. The van der Waals surface area contributed by atoms with Crippen LogP contribution in [0.1, 0.15) is 33.1 Å². The van der Waals surface area contributed by atoms with Crippen LogP contribution in [0.15, 0.2) is 0 Å². The van der Waals surface area contributed by atoms with Crippen molar-refractivity contribution in [1.29, 1.82) is 0 Å². The molecule has 0 aromatic carbocycles. The summed E-state index contributed by atoms with van der Waals surface area (Å²) in [5.41, 5.74) is 0. The van der Waals surface area contributed by atoms with Crippen LogP contribution in [-0.2, 0) is 4.79 Å². The second-order valence-corrected chi connectivity index (χ2v) is 4.60. The normalized spacial score (nSPS) is 24.6. The molecular weight excluding hydrogens is 176 g/mol. The molecule has 1 rings (SSSR count). The van der Waals surface area contributed by atoms with Crippen LogP contribution < -0.4 is 0 Å². The third-order valence-corrected chi connectivity index (χ3v) is 2.94. The molecule has 1 aliphatic rings. The lowest BCUT2D eigenvalue weighted by atomic mass is 10.1. The van der Waals surface area contributed by atoms with Crippen LogP contribution in [0, 0.1) is 0 Å². The van der Waals surface area contributed by atoms with E-state index in [2.05, 4.69) is 13.8 Å². The van der Waals surface area contributed by atoms with Gasteiger partial charge in [-0.2, -0.15) is 0 Å². The average molecular weight is 198 g/mol. The molecule has 82 valence electrons. The fraction of sp³-hybridized carbons (Fsp3) is 0.909. The van der Waals surface area contributed by atoms with Crippen LogP contribution >= 0.6 is 0 Å². The summed E-state index contributed by atoms with van der Waals surface area (Å²) in [6.07, 6.45) is 3.32. The maximum atomic E-state index is 12.1. The van der Waals surface area contributed by atoms with Gasteiger partial charge in [0.25, 0.3) is 0 Å². The molecule has 1 heterocycles. The number of amides is 1. The standard InChI is InChI=1S/C11H22N2O/c1-9(2)13-8-6-5-7-10(11(13)14)12(3)4/h9-10H,5-8H2,1-4H3. The van der Waals surface area contributed by atoms with Crippen molar-refractivity contribution in [2.45, 2.75) is 45.2 Å². The third kappa shape index (κ3) is 2.47. The van der Waals surface area contributed by atoms with Crippen molar-refractivity contribution in [2.24, 2.45) is 0 Å². The molecule has 1 unspecified atom stereocenters. The number of carbonyl (C=O) groups excluding carboxylic acids is 1. The Labute approximate surface area is 87.1 Å². The molecule has 0 radical (unpaired) electrons. The maximum absolute atomic E-state index is 12.1. The number of rotatable bonds is 2. The molecule has 0 saturated carbocycles. The summed E-state index contributed by atoms with van der Waals surface area (Å²) in [5, 5.41) is 0. The second kappa shape index (κ2) is 4.78. The summed E-state index contributed by atoms with van der Waals surface area (Å²) in [4.78, 5) is 16.2. The Balaban J connectivity index is 2.74. The number of hydrogen-bond acceptors (Lipinski definition) is 2. The van der Waals surface area contributed by atoms with E-state index in [1.807, 2.05) is 23.9 Å². The number of hydrogen-bond donors (Lipinski definition) is 0. The molecule has 1 fully saturated rings. The first kappa shape index (κ1) is 11.5. The van der Waals surface area contributed by atoms with E-state index in [0.717, 1.165) is 25.8 Å². The van der Waals surface area contributed by atoms with Crippen molar-refractivity contribution < 1.29 is 4.79 Å². The molecule has 1 saturated heterocycles. The van der Waals surface area contributed by atoms with Gasteiger partial charge < -0.3 is 4.90 Å². The van der Waals surface area contributed by atoms with Crippen molar-refractivity contribution in [2.75, 3.05) is 20.6 Å². The topological polar surface area (TPSA) is 23.6 Å². The third-order valence-electron chi connectivity index (χ3n) is 2.94. The fourth-order valence-corrected chi connectivity index (χ4v) is 2.04. The number of likely N-dealkylation sites (N-methyl/N-ethyl adjacent to an activating group) is 1. The molecule has 1 aliphatic heterocycles. The minimum Gasteiger partial charge on any atom is -0.339 e. The van der Waals surface area contributed by atoms with E-state index in [1.165, 1.54) is 0 Å². The molecule has 0 spiro atoms. The SMILES string of the molecule is CC(C)N1CCCCC(N(C)C)C1=O. The van der Waals surface area contributed by atoms with Gasteiger partial charge in [-0.25, -0.2) is 0 Å². The molecule has 0 aromatic rings. The van der Waals surface area contributed by atoms with E-state index >= 15 is 0 Å². The van der Waals surface area contributed by atoms with Gasteiger partial charge in [-0.3, -0.25) is 9.69 Å². The zero-order valence-electron chi connectivity index (χ0n) is 9.79. The summed E-state index contributed by atoms with van der Waals surface area (Å²) in [6.45, 7) is 5.12. The van der Waals surface area contributed by atoms with E-state index < -0.39 is 0 Å². The van der Waals surface area contributed by atoms with Crippen molar-refractivity contribution in [1.82, 2.24) is 9.80 Å². The molecule has 1 amide bonds. The Bertz CT molecular complexity index is 181. The predicted molar refractivity (Wildman–Crippen MR) is 58.2 cm³/mol. The van der Waals surface area contributed by atoms with Crippen LogP contribution in [0.2, 0.25) is 0 Å². The summed E-state index contributed by atoms with van der Waals surface area (Å²) in [7, 11) is 3.98. The Morgan fingerprint density at radius 1 is 1.36 bits per heavy atom. The lowest BCUT2D eigenvalue weighted by Gasteiger charge is -2.30. The molecule has 3 heteroatoms. The van der Waals surface area contributed by atoms with Crippen LogP contribution in [0.5, 0.6) is 0 Å². The highest BCUT2D eigenvalue weighted by molar-refractivity contribution is 5.82. The summed E-state index contributed by atoms with van der Waals surface area (Å²) in [5.74, 6) is 0.308. The Hall–Kier alpha value is -0.570. The summed E-state index contributed by atoms with van der Waals surface area (Å²) in [6, 6.07) is 0.433. The Morgan fingerprint density at radius 3 is 2.50 bits per heavy atom. The molecule has 0 aliphatic carbocycles. The monoisotopic (exact) mass is 198 g/mol. The summed E-state index contributed by atoms with van der Waals surface area (Å²) >= 11 is 0. The molecule has 3 nitrogen and oxygen atoms in total. The molecule has 1 atom stereocenters. The van der Waals surface area contributed by atoms with Crippen LogP contribution in [-0.4, -0.2) is 48.4 Å². The second-order valence-electron chi connectivity index (χ2n) is 4.60. The quantitative estimate of drug-likeness (QED) is 0.668. The first-order valence-corrected chi connectivity index (χ1v) is 5.51. The maximum Gasteiger partial charge on any atom is 0.240 e. The van der Waals surface area contributed by atoms with Gasteiger partial charge in [0.15, 0.2) is 0 Å². The van der Waals surface area contributed by atoms with Gasteiger partial charge in [0, 0.05) is 12.6 Å². The van der Waals surface area contributed by atoms with Gasteiger partial charge in [-0.05, 0) is 47.2 Å². The minimum absolute atomic E-state index is 0.0971. The van der Waals surface area contributed by atoms with E-state index in [0.29, 0.717) is 11.9 Å². The largest absolute Gasteiger partial charge is 0.339 e. The minimum atomic E-state index is 0.0971. The van der Waals surface area contributed by atoms with Crippen molar-refractivity contribution in [3.63, 3.8) is 0 Å². The summed E-state index contributed by atoms with van der Waals surface area (Å²) < 4.78 is 0. The molecule has 14 heavy (non-hydrogen) atoms. The van der Waals surface area contributed by atoms with Gasteiger partial charge in [-0.15, -0.1) is 0 Å². The van der Waals surface area contributed by atoms with Gasteiger partial charge in [0.1, 0.15) is 0 Å². The highest BCUT2D eigenvalue weighted by Gasteiger charge is 2.29. The van der Waals surface area contributed by atoms with E-state index in [4.69, 9.17) is 0 Å². The van der Waals surface area contributed by atoms with E-state index in [9.17, 15) is 4.79 Å². The Morgan fingerprint density at radius 2 is 2.00 bits per heavy atom. The van der Waals surface area contributed by atoms with Gasteiger partial charge >= 0.3 is 0 Å². The van der Waals surface area contributed by atoms with E-state index in [-0.39, 0.29) is 6.04 Å². The smallest absolute Gasteiger partial charge is 0.240 e. The van der Waals surface area contributed by atoms with Crippen molar-refractivity contribution in [3.8, 4) is 0 Å².